The number of hydrogen-bond acceptors (Lipinski definition) is 5. The Bertz CT molecular complexity index is 1190. The Morgan fingerprint density at radius 3 is 2.66 bits per heavy atom. The van der Waals surface area contributed by atoms with Crippen LogP contribution in [0.25, 0.3) is 22.0 Å². The average Bonchev–Trinajstić information content (AvgIpc) is 3.17. The predicted octanol–water partition coefficient (Wildman–Crippen LogP) is 5.46. The number of halogens is 1. The highest BCUT2D eigenvalue weighted by molar-refractivity contribution is 7.15. The van der Waals surface area contributed by atoms with E-state index in [9.17, 15) is 4.79 Å². The Balaban J connectivity index is 1.78. The summed E-state index contributed by atoms with van der Waals surface area (Å²) >= 11 is 7.67. The lowest BCUT2D eigenvalue weighted by Crippen LogP contribution is -2.16. The molecule has 0 saturated carbocycles. The second kappa shape index (κ2) is 8.27. The first-order chi connectivity index (χ1) is 14.0. The number of carbonyl (C=O) groups excluding carboxylic acids is 1. The number of carbonyl (C=O) groups is 1. The Hall–Kier alpha value is -2.83. The van der Waals surface area contributed by atoms with Crippen LogP contribution in [0.5, 0.6) is 0 Å². The van der Waals surface area contributed by atoms with Gasteiger partial charge in [-0.3, -0.25) is 9.78 Å². The Morgan fingerprint density at radius 2 is 1.93 bits per heavy atom. The number of aryl methyl sites for hydroxylation is 2. The zero-order valence-electron chi connectivity index (χ0n) is 16.1. The molecule has 0 fully saturated rings. The third-order valence-electron chi connectivity index (χ3n) is 4.67. The Morgan fingerprint density at radius 1 is 1.14 bits per heavy atom. The smallest absolute Gasteiger partial charge is 0.230 e. The fraction of sp³-hybridized carbons (Fsp3) is 0.182. The number of amides is 1. The monoisotopic (exact) mass is 422 g/mol. The molecule has 1 N–H and O–H groups in total. The van der Waals surface area contributed by atoms with Gasteiger partial charge in [0, 0.05) is 16.1 Å². The van der Waals surface area contributed by atoms with Gasteiger partial charge in [-0.05, 0) is 48.2 Å². The van der Waals surface area contributed by atoms with Crippen molar-refractivity contribution in [3.63, 3.8) is 0 Å². The molecule has 2 aromatic heterocycles. The molecule has 146 valence electrons. The summed E-state index contributed by atoms with van der Waals surface area (Å²) in [5.74, 6) is -0.146. The molecular weight excluding hydrogens is 404 g/mol. The molecule has 0 spiro atoms. The summed E-state index contributed by atoms with van der Waals surface area (Å²) in [7, 11) is 0. The highest BCUT2D eigenvalue weighted by atomic mass is 35.5. The first-order valence-corrected chi connectivity index (χ1v) is 10.5. The topological polar surface area (TPSA) is 67.8 Å². The minimum Gasteiger partial charge on any atom is -0.300 e. The maximum absolute atomic E-state index is 12.8. The summed E-state index contributed by atoms with van der Waals surface area (Å²) in [6.07, 6.45) is 0.979. The first-order valence-electron chi connectivity index (χ1n) is 9.31. The van der Waals surface area contributed by atoms with E-state index < -0.39 is 0 Å². The molecule has 0 aliphatic rings. The van der Waals surface area contributed by atoms with Crippen molar-refractivity contribution in [3.05, 3.63) is 69.8 Å². The molecule has 5 nitrogen and oxygen atoms in total. The van der Waals surface area contributed by atoms with Crippen LogP contribution in [0.2, 0.25) is 5.02 Å². The van der Waals surface area contributed by atoms with Crippen LogP contribution in [0.15, 0.2) is 48.5 Å². The molecule has 0 aliphatic heterocycles. The van der Waals surface area contributed by atoms with Crippen molar-refractivity contribution in [1.29, 1.82) is 0 Å². The van der Waals surface area contributed by atoms with Gasteiger partial charge in [0.05, 0.1) is 11.9 Å². The highest BCUT2D eigenvalue weighted by Gasteiger charge is 2.18. The minimum atomic E-state index is -0.146. The van der Waals surface area contributed by atoms with E-state index >= 15 is 0 Å². The van der Waals surface area contributed by atoms with Crippen LogP contribution in [0.3, 0.4) is 0 Å². The van der Waals surface area contributed by atoms with Crippen LogP contribution < -0.4 is 5.32 Å². The van der Waals surface area contributed by atoms with Gasteiger partial charge in [-0.25, -0.2) is 0 Å². The molecule has 0 aliphatic carbocycles. The number of benzene rings is 2. The highest BCUT2D eigenvalue weighted by Crippen LogP contribution is 2.34. The molecule has 4 rings (SSSR count). The lowest BCUT2D eigenvalue weighted by molar-refractivity contribution is -0.115. The van der Waals surface area contributed by atoms with Crippen molar-refractivity contribution in [3.8, 4) is 11.1 Å². The zero-order valence-corrected chi connectivity index (χ0v) is 17.6. The molecular formula is C22H19ClN4OS. The SMILES string of the molecule is CCc1nnc(NC(=O)Cc2c(C)nc3ccc(Cl)cc3c2-c2ccccc2)s1. The lowest BCUT2D eigenvalue weighted by Gasteiger charge is -2.16. The predicted molar refractivity (Wildman–Crippen MR) is 119 cm³/mol. The number of anilines is 1. The summed E-state index contributed by atoms with van der Waals surface area (Å²) in [5.41, 5.74) is 4.56. The zero-order chi connectivity index (χ0) is 20.4. The van der Waals surface area contributed by atoms with Gasteiger partial charge >= 0.3 is 0 Å². The number of pyridine rings is 1. The molecule has 2 heterocycles. The maximum Gasteiger partial charge on any atom is 0.230 e. The second-order valence-electron chi connectivity index (χ2n) is 6.66. The Labute approximate surface area is 177 Å². The molecule has 0 radical (unpaired) electrons. The van der Waals surface area contributed by atoms with Crippen molar-refractivity contribution in [2.45, 2.75) is 26.7 Å². The Kier molecular flexibility index (Phi) is 5.56. The number of hydrogen-bond donors (Lipinski definition) is 1. The molecule has 0 unspecified atom stereocenters. The van der Waals surface area contributed by atoms with Crippen molar-refractivity contribution < 1.29 is 4.79 Å². The summed E-state index contributed by atoms with van der Waals surface area (Å²) in [6.45, 7) is 3.94. The lowest BCUT2D eigenvalue weighted by atomic mass is 9.92. The van der Waals surface area contributed by atoms with Gasteiger partial charge in [-0.2, -0.15) is 0 Å². The van der Waals surface area contributed by atoms with Gasteiger partial charge in [0.25, 0.3) is 0 Å². The van der Waals surface area contributed by atoms with E-state index in [1.54, 1.807) is 0 Å². The van der Waals surface area contributed by atoms with Gasteiger partial charge in [0.15, 0.2) is 0 Å². The van der Waals surface area contributed by atoms with E-state index in [2.05, 4.69) is 15.5 Å². The van der Waals surface area contributed by atoms with Gasteiger partial charge in [-0.1, -0.05) is 60.2 Å². The van der Waals surface area contributed by atoms with Crippen LogP contribution in [-0.2, 0) is 17.6 Å². The number of aromatic nitrogens is 3. The van der Waals surface area contributed by atoms with Gasteiger partial charge in [0.2, 0.25) is 11.0 Å². The number of nitrogens with one attached hydrogen (secondary N) is 1. The number of nitrogens with zero attached hydrogens (tertiary/aromatic N) is 3. The van der Waals surface area contributed by atoms with E-state index in [4.69, 9.17) is 16.6 Å². The van der Waals surface area contributed by atoms with E-state index in [1.165, 1.54) is 11.3 Å². The fourth-order valence-corrected chi connectivity index (χ4v) is 4.19. The summed E-state index contributed by atoms with van der Waals surface area (Å²) in [5, 5.41) is 13.9. The third-order valence-corrected chi connectivity index (χ3v) is 5.89. The molecule has 29 heavy (non-hydrogen) atoms. The maximum atomic E-state index is 12.8. The molecule has 0 bridgehead atoms. The van der Waals surface area contributed by atoms with E-state index in [-0.39, 0.29) is 12.3 Å². The van der Waals surface area contributed by atoms with Crippen LogP contribution in [-0.4, -0.2) is 21.1 Å². The van der Waals surface area contributed by atoms with Crippen molar-refractivity contribution in [1.82, 2.24) is 15.2 Å². The number of rotatable bonds is 5. The van der Waals surface area contributed by atoms with E-state index in [0.717, 1.165) is 44.7 Å². The van der Waals surface area contributed by atoms with Crippen LogP contribution in [0.1, 0.15) is 23.2 Å². The van der Waals surface area contributed by atoms with Gasteiger partial charge in [0.1, 0.15) is 5.01 Å². The van der Waals surface area contributed by atoms with Crippen molar-refractivity contribution >= 4 is 44.9 Å². The number of fused-ring (bicyclic) bond motifs is 1. The summed E-state index contributed by atoms with van der Waals surface area (Å²) in [6, 6.07) is 15.7. The minimum absolute atomic E-state index is 0.146. The van der Waals surface area contributed by atoms with E-state index in [0.29, 0.717) is 10.2 Å². The largest absolute Gasteiger partial charge is 0.300 e. The normalized spacial score (nSPS) is 11.0. The van der Waals surface area contributed by atoms with Gasteiger partial charge in [-0.15, -0.1) is 10.2 Å². The van der Waals surface area contributed by atoms with Crippen LogP contribution in [0, 0.1) is 6.92 Å². The van der Waals surface area contributed by atoms with Crippen molar-refractivity contribution in [2.75, 3.05) is 5.32 Å². The molecule has 0 atom stereocenters. The average molecular weight is 423 g/mol. The molecule has 4 aromatic rings. The standard InChI is InChI=1S/C22H19ClN4OS/c1-3-20-26-27-22(29-20)25-19(28)12-16-13(2)24-18-10-9-15(23)11-17(18)21(16)14-7-5-4-6-8-14/h4-11H,3,12H2,1-2H3,(H,25,27,28). The quantitative estimate of drug-likeness (QED) is 0.463. The molecule has 0 saturated heterocycles. The third kappa shape index (κ3) is 4.13. The fourth-order valence-electron chi connectivity index (χ4n) is 3.32. The summed E-state index contributed by atoms with van der Waals surface area (Å²) < 4.78 is 0. The van der Waals surface area contributed by atoms with E-state index in [1.807, 2.05) is 62.4 Å². The molecule has 7 heteroatoms. The second-order valence-corrected chi connectivity index (χ2v) is 8.16. The van der Waals surface area contributed by atoms with Crippen LogP contribution >= 0.6 is 22.9 Å². The first kappa shape index (κ1) is 19.5. The van der Waals surface area contributed by atoms with Crippen molar-refractivity contribution in [2.24, 2.45) is 0 Å². The molecule has 2 aromatic carbocycles. The van der Waals surface area contributed by atoms with Crippen LogP contribution in [0.4, 0.5) is 5.13 Å². The molecule has 1 amide bonds. The van der Waals surface area contributed by atoms with Gasteiger partial charge < -0.3 is 5.32 Å². The summed E-state index contributed by atoms with van der Waals surface area (Å²) in [4.78, 5) is 17.5.